The number of hydrogen-bond acceptors (Lipinski definition) is 6. The zero-order valence-corrected chi connectivity index (χ0v) is 10.3. The Morgan fingerprint density at radius 1 is 1.12 bits per heavy atom. The molecule has 0 aliphatic heterocycles. The van der Waals surface area contributed by atoms with Crippen LogP contribution < -0.4 is 14.8 Å². The minimum absolute atomic E-state index is 0.309. The highest BCUT2D eigenvalue weighted by molar-refractivity contribution is 5.27. The second kappa shape index (κ2) is 5.65. The van der Waals surface area contributed by atoms with Crippen molar-refractivity contribution in [2.24, 2.45) is 5.92 Å². The van der Waals surface area contributed by atoms with Crippen LogP contribution in [0.1, 0.15) is 26.7 Å². The Kier molecular flexibility index (Phi) is 3.95. The minimum atomic E-state index is 0.309. The summed E-state index contributed by atoms with van der Waals surface area (Å²) < 4.78 is 10.8. The molecule has 0 radical (unpaired) electrons. The molecule has 94 valence electrons. The van der Waals surface area contributed by atoms with E-state index in [0.29, 0.717) is 37.1 Å². The van der Waals surface area contributed by atoms with E-state index in [2.05, 4.69) is 20.3 Å². The van der Waals surface area contributed by atoms with E-state index < -0.39 is 0 Å². The highest BCUT2D eigenvalue weighted by Gasteiger charge is 2.22. The normalized spacial score (nSPS) is 14.5. The van der Waals surface area contributed by atoms with Gasteiger partial charge in [0.2, 0.25) is 5.95 Å². The van der Waals surface area contributed by atoms with Gasteiger partial charge < -0.3 is 14.8 Å². The van der Waals surface area contributed by atoms with E-state index in [1.54, 1.807) is 0 Å². The van der Waals surface area contributed by atoms with Crippen LogP contribution in [-0.4, -0.2) is 34.7 Å². The number of aromatic nitrogens is 3. The average molecular weight is 238 g/mol. The van der Waals surface area contributed by atoms with Gasteiger partial charge in [0.1, 0.15) is 0 Å². The van der Waals surface area contributed by atoms with Gasteiger partial charge in [0.25, 0.3) is 0 Å². The van der Waals surface area contributed by atoms with Crippen molar-refractivity contribution in [1.29, 1.82) is 0 Å². The molecule has 0 atom stereocenters. The summed E-state index contributed by atoms with van der Waals surface area (Å²) in [4.78, 5) is 12.4. The molecular formula is C11H18N4O2. The van der Waals surface area contributed by atoms with Crippen molar-refractivity contribution in [2.45, 2.75) is 26.7 Å². The molecule has 2 rings (SSSR count). The lowest BCUT2D eigenvalue weighted by Crippen LogP contribution is -2.10. The summed E-state index contributed by atoms with van der Waals surface area (Å²) in [5.74, 6) is 1.17. The largest absolute Gasteiger partial charge is 0.464 e. The third-order valence-electron chi connectivity index (χ3n) is 2.35. The van der Waals surface area contributed by atoms with Gasteiger partial charge in [0.15, 0.2) is 0 Å². The molecule has 1 N–H and O–H groups in total. The summed E-state index contributed by atoms with van der Waals surface area (Å²) in [6.45, 7) is 5.83. The first kappa shape index (κ1) is 11.9. The Morgan fingerprint density at radius 3 is 2.41 bits per heavy atom. The fourth-order valence-corrected chi connectivity index (χ4v) is 1.31. The van der Waals surface area contributed by atoms with Gasteiger partial charge in [-0.1, -0.05) is 0 Å². The van der Waals surface area contributed by atoms with Crippen LogP contribution in [0, 0.1) is 5.92 Å². The highest BCUT2D eigenvalue weighted by atomic mass is 16.5. The molecule has 0 amide bonds. The monoisotopic (exact) mass is 238 g/mol. The first-order valence-electron chi connectivity index (χ1n) is 6.07. The maximum atomic E-state index is 5.52. The maximum absolute atomic E-state index is 5.52. The van der Waals surface area contributed by atoms with E-state index in [-0.39, 0.29) is 0 Å². The molecule has 1 aromatic rings. The average Bonchev–Trinajstić information content (AvgIpc) is 3.11. The molecule has 0 unspecified atom stereocenters. The molecule has 17 heavy (non-hydrogen) atoms. The molecule has 0 saturated heterocycles. The number of rotatable bonds is 7. The van der Waals surface area contributed by atoms with Gasteiger partial charge in [-0.25, -0.2) is 0 Å². The lowest BCUT2D eigenvalue weighted by Gasteiger charge is -2.08. The van der Waals surface area contributed by atoms with Crippen LogP contribution in [0.25, 0.3) is 0 Å². The molecule has 1 aliphatic rings. The van der Waals surface area contributed by atoms with Gasteiger partial charge in [-0.05, 0) is 32.6 Å². The van der Waals surface area contributed by atoms with E-state index in [9.17, 15) is 0 Å². The van der Waals surface area contributed by atoms with Crippen molar-refractivity contribution in [3.63, 3.8) is 0 Å². The van der Waals surface area contributed by atoms with Gasteiger partial charge >= 0.3 is 12.0 Å². The topological polar surface area (TPSA) is 69.2 Å². The van der Waals surface area contributed by atoms with Crippen molar-refractivity contribution in [2.75, 3.05) is 25.1 Å². The summed E-state index contributed by atoms with van der Waals surface area (Å²) in [5.41, 5.74) is 0. The predicted octanol–water partition coefficient (Wildman–Crippen LogP) is 1.49. The number of anilines is 1. The molecule has 1 aliphatic carbocycles. The van der Waals surface area contributed by atoms with Crippen LogP contribution in [0.3, 0.4) is 0 Å². The number of ether oxygens (including phenoxy) is 2. The second-order valence-corrected chi connectivity index (χ2v) is 3.94. The smallest absolute Gasteiger partial charge is 0.324 e. The second-order valence-electron chi connectivity index (χ2n) is 3.94. The summed E-state index contributed by atoms with van der Waals surface area (Å²) in [5, 5.41) is 3.03. The van der Waals surface area contributed by atoms with Crippen molar-refractivity contribution in [3.05, 3.63) is 0 Å². The Labute approximate surface area is 101 Å². The third kappa shape index (κ3) is 3.72. The van der Waals surface area contributed by atoms with Crippen LogP contribution in [0.2, 0.25) is 0 Å². The number of nitrogens with zero attached hydrogens (tertiary/aromatic N) is 3. The number of nitrogens with one attached hydrogen (secondary N) is 1. The van der Waals surface area contributed by atoms with Crippen molar-refractivity contribution < 1.29 is 9.47 Å². The standard InChI is InChI=1S/C11H18N4O2/c1-3-12-9-13-10(16-4-2)15-11(14-9)17-7-8-5-6-8/h8H,3-7H2,1-2H3,(H,12,13,14,15). The molecule has 6 nitrogen and oxygen atoms in total. The Balaban J connectivity index is 2.04. The van der Waals surface area contributed by atoms with Crippen LogP contribution in [0.5, 0.6) is 12.0 Å². The maximum Gasteiger partial charge on any atom is 0.324 e. The molecule has 1 aromatic heterocycles. The summed E-state index contributed by atoms with van der Waals surface area (Å²) in [6.07, 6.45) is 2.48. The van der Waals surface area contributed by atoms with Crippen molar-refractivity contribution in [3.8, 4) is 12.0 Å². The highest BCUT2D eigenvalue weighted by Crippen LogP contribution is 2.29. The SMILES string of the molecule is CCNc1nc(OCC)nc(OCC2CC2)n1. The lowest BCUT2D eigenvalue weighted by molar-refractivity contribution is 0.259. The Hall–Kier alpha value is -1.59. The number of hydrogen-bond donors (Lipinski definition) is 1. The Morgan fingerprint density at radius 2 is 1.82 bits per heavy atom. The van der Waals surface area contributed by atoms with Crippen LogP contribution in [0.15, 0.2) is 0 Å². The van der Waals surface area contributed by atoms with Gasteiger partial charge in [-0.15, -0.1) is 4.98 Å². The molecule has 0 spiro atoms. The summed E-state index contributed by atoms with van der Waals surface area (Å²) in [7, 11) is 0. The van der Waals surface area contributed by atoms with E-state index in [1.165, 1.54) is 12.8 Å². The van der Waals surface area contributed by atoms with Gasteiger partial charge in [0, 0.05) is 6.54 Å². The molecule has 1 saturated carbocycles. The molecule has 0 aromatic carbocycles. The third-order valence-corrected chi connectivity index (χ3v) is 2.35. The van der Waals surface area contributed by atoms with Crippen molar-refractivity contribution in [1.82, 2.24) is 15.0 Å². The molecule has 1 fully saturated rings. The Bertz CT molecular complexity index is 344. The van der Waals surface area contributed by atoms with Crippen LogP contribution in [-0.2, 0) is 0 Å². The van der Waals surface area contributed by atoms with Gasteiger partial charge in [-0.3, -0.25) is 0 Å². The predicted molar refractivity (Wildman–Crippen MR) is 63.4 cm³/mol. The zero-order chi connectivity index (χ0) is 12.1. The van der Waals surface area contributed by atoms with Crippen LogP contribution >= 0.6 is 0 Å². The van der Waals surface area contributed by atoms with E-state index in [1.807, 2.05) is 13.8 Å². The van der Waals surface area contributed by atoms with E-state index in [4.69, 9.17) is 9.47 Å². The molecule has 6 heteroatoms. The summed E-state index contributed by atoms with van der Waals surface area (Å²) in [6, 6.07) is 0.649. The van der Waals surface area contributed by atoms with Crippen molar-refractivity contribution >= 4 is 5.95 Å². The van der Waals surface area contributed by atoms with E-state index in [0.717, 1.165) is 6.54 Å². The van der Waals surface area contributed by atoms with Gasteiger partial charge in [0.05, 0.1) is 13.2 Å². The molecule has 1 heterocycles. The minimum Gasteiger partial charge on any atom is -0.464 e. The fraction of sp³-hybridized carbons (Fsp3) is 0.727. The fourth-order valence-electron chi connectivity index (χ4n) is 1.31. The first-order chi connectivity index (χ1) is 8.31. The lowest BCUT2D eigenvalue weighted by atomic mass is 10.5. The zero-order valence-electron chi connectivity index (χ0n) is 10.3. The van der Waals surface area contributed by atoms with Crippen LogP contribution in [0.4, 0.5) is 5.95 Å². The molecule has 0 bridgehead atoms. The van der Waals surface area contributed by atoms with Gasteiger partial charge in [-0.2, -0.15) is 9.97 Å². The summed E-state index contributed by atoms with van der Waals surface area (Å²) >= 11 is 0. The van der Waals surface area contributed by atoms with E-state index >= 15 is 0 Å². The quantitative estimate of drug-likeness (QED) is 0.776. The first-order valence-corrected chi connectivity index (χ1v) is 6.07. The molecular weight excluding hydrogens is 220 g/mol.